The van der Waals surface area contributed by atoms with Crippen LogP contribution in [0.2, 0.25) is 0 Å². The Hall–Kier alpha value is -7.14. The summed E-state index contributed by atoms with van der Waals surface area (Å²) in [5, 5.41) is 0. The summed E-state index contributed by atoms with van der Waals surface area (Å²) in [5.74, 6) is 1.86. The molecule has 2 fully saturated rings. The van der Waals surface area contributed by atoms with E-state index in [-0.39, 0.29) is 52.6 Å². The Morgan fingerprint density at radius 3 is 0.673 bits per heavy atom. The van der Waals surface area contributed by atoms with Crippen LogP contribution >= 0.6 is 24.3 Å². The highest BCUT2D eigenvalue weighted by Gasteiger charge is 2.48. The molecule has 7 aliphatic rings. The van der Waals surface area contributed by atoms with Crippen LogP contribution in [-0.2, 0) is 16.2 Å². The average molecular weight is 1540 g/mol. The summed E-state index contributed by atoms with van der Waals surface area (Å²) in [7, 11) is 0. The van der Waals surface area contributed by atoms with Gasteiger partial charge in [-0.15, -0.1) is 0 Å². The zero-order chi connectivity index (χ0) is 78.1. The van der Waals surface area contributed by atoms with Crippen LogP contribution in [0.5, 0.6) is 11.5 Å². The van der Waals surface area contributed by atoms with E-state index < -0.39 is 0 Å². The maximum Gasteiger partial charge on any atom is 0.119 e. The molecule has 0 spiro atoms. The summed E-state index contributed by atoms with van der Waals surface area (Å²) >= 11 is 3.38. The summed E-state index contributed by atoms with van der Waals surface area (Å²) in [6, 6.07) is 63.7. The van der Waals surface area contributed by atoms with Crippen LogP contribution in [-0.4, -0.2) is 36.4 Å². The second kappa shape index (κ2) is 37.0. The lowest BCUT2D eigenvalue weighted by Crippen LogP contribution is -2.37. The van der Waals surface area contributed by atoms with Gasteiger partial charge in [-0.3, -0.25) is 0 Å². The van der Waals surface area contributed by atoms with Crippen molar-refractivity contribution in [3.63, 3.8) is 0 Å². The Bertz CT molecular complexity index is 4420. The van der Waals surface area contributed by atoms with Crippen LogP contribution in [0.4, 0.5) is 0 Å². The Kier molecular flexibility index (Phi) is 26.5. The molecular formula is C105H130N4O2S2. The fraction of sp³-hybridized carbons (Fsp3) is 0.467. The van der Waals surface area contributed by atoms with Gasteiger partial charge in [-0.05, 0) is 260 Å². The van der Waals surface area contributed by atoms with Crippen molar-refractivity contribution < 1.29 is 9.47 Å². The number of ether oxygens (including phenoxy) is 2. The number of hydrogen-bond acceptors (Lipinski definition) is 8. The van der Waals surface area contributed by atoms with E-state index in [0.717, 1.165) is 24.3 Å². The number of rotatable bonds is 40. The first-order valence-electron chi connectivity index (χ1n) is 45.0. The fourth-order valence-corrected chi connectivity index (χ4v) is 22.8. The van der Waals surface area contributed by atoms with Crippen LogP contribution in [0, 0.1) is 0 Å². The van der Waals surface area contributed by atoms with Crippen LogP contribution in [0.3, 0.4) is 0 Å². The summed E-state index contributed by atoms with van der Waals surface area (Å²) in [6.07, 6.45) is 47.4. The van der Waals surface area contributed by atoms with E-state index in [1.807, 2.05) is 0 Å². The number of unbranched alkanes of at least 4 members (excludes halogenated alkanes) is 18. The molecule has 6 nitrogen and oxygen atoms in total. The average Bonchev–Trinajstić information content (AvgIpc) is 1.57. The highest BCUT2D eigenvalue weighted by molar-refractivity contribution is 7.96. The second-order valence-electron chi connectivity index (χ2n) is 35.1. The molecule has 0 radical (unpaired) electrons. The normalized spacial score (nSPS) is 18.9. The molecule has 8 aromatic rings. The number of allylic oxidation sites excluding steroid dienone is 4. The predicted molar refractivity (Wildman–Crippen MR) is 488 cm³/mol. The molecule has 8 heteroatoms. The summed E-state index contributed by atoms with van der Waals surface area (Å²) in [6.45, 7) is 22.6. The van der Waals surface area contributed by atoms with Crippen molar-refractivity contribution in [2.24, 2.45) is 0 Å². The Balaban J connectivity index is 0.780. The molecule has 8 aromatic carbocycles. The Labute approximate surface area is 689 Å². The van der Waals surface area contributed by atoms with Crippen LogP contribution in [0.15, 0.2) is 182 Å². The minimum Gasteiger partial charge on any atom is -0.491 e. The second-order valence-corrected chi connectivity index (χ2v) is 36.5. The quantitative estimate of drug-likeness (QED) is 0.0224. The van der Waals surface area contributed by atoms with Crippen molar-refractivity contribution in [2.75, 3.05) is 0 Å². The highest BCUT2D eigenvalue weighted by Crippen LogP contribution is 2.60. The molecule has 0 bridgehead atoms. The molecule has 594 valence electrons. The minimum absolute atomic E-state index is 0.0646. The molecule has 0 saturated carbocycles. The topological polar surface area (TPSA) is 66.6 Å². The lowest BCUT2D eigenvalue weighted by molar-refractivity contribution is 0.242. The SMILES string of the molecule is CCCCCCC1(CCCCCC)c2cc(C3=CC=C(c4ccc5c(c4)C(CCCCCC)(CCCCCC)c4cc(-c6ccc(OC(C)C)cc6)ccc4-5)C4NSNC34)ccc2-c2ccc(C3=CC=C(c4ccc5c(c4)C(CCCCCC)(CCCCCC)c4cc(-c6ccc(OC(C)C)cc6)ccc4-5)C4NSNC34)cc21. The highest BCUT2D eigenvalue weighted by atomic mass is 32.2. The van der Waals surface area contributed by atoms with Gasteiger partial charge in [0.15, 0.2) is 0 Å². The van der Waals surface area contributed by atoms with Crippen molar-refractivity contribution in [1.82, 2.24) is 18.9 Å². The van der Waals surface area contributed by atoms with Gasteiger partial charge in [0.05, 0.1) is 36.4 Å². The van der Waals surface area contributed by atoms with E-state index in [1.165, 1.54) is 291 Å². The van der Waals surface area contributed by atoms with Gasteiger partial charge < -0.3 is 9.47 Å². The molecule has 113 heavy (non-hydrogen) atoms. The van der Waals surface area contributed by atoms with E-state index >= 15 is 0 Å². The van der Waals surface area contributed by atoms with Crippen LogP contribution < -0.4 is 28.4 Å². The Morgan fingerprint density at radius 2 is 0.460 bits per heavy atom. The number of benzene rings is 8. The van der Waals surface area contributed by atoms with E-state index in [1.54, 1.807) is 46.5 Å². The summed E-state index contributed by atoms with van der Waals surface area (Å²) in [4.78, 5) is 0. The molecule has 5 aliphatic carbocycles. The first-order valence-corrected chi connectivity index (χ1v) is 46.6. The van der Waals surface area contributed by atoms with E-state index in [2.05, 4.69) is 270 Å². The number of hydrogen-bond donors (Lipinski definition) is 4. The third kappa shape index (κ3) is 16.6. The van der Waals surface area contributed by atoms with Gasteiger partial charge in [0.25, 0.3) is 0 Å². The van der Waals surface area contributed by atoms with Gasteiger partial charge in [-0.2, -0.15) is 0 Å². The molecule has 2 saturated heterocycles. The zero-order valence-electron chi connectivity index (χ0n) is 70.1. The first-order chi connectivity index (χ1) is 55.4. The number of fused-ring (bicyclic) bond motifs is 11. The van der Waals surface area contributed by atoms with Gasteiger partial charge in [-0.25, -0.2) is 18.9 Å². The van der Waals surface area contributed by atoms with Crippen molar-refractivity contribution in [1.29, 1.82) is 0 Å². The van der Waals surface area contributed by atoms with E-state index in [9.17, 15) is 0 Å². The smallest absolute Gasteiger partial charge is 0.119 e. The first kappa shape index (κ1) is 81.0. The van der Waals surface area contributed by atoms with Gasteiger partial charge in [-0.1, -0.05) is 317 Å². The van der Waals surface area contributed by atoms with Gasteiger partial charge >= 0.3 is 0 Å². The standard InChI is InChI=1S/C105H130N4O2S2/c1-11-17-23-29-59-103(60-30-24-18-12-2)93-65-75(73-35-45-81(46-36-73)110-71(7)8)39-49-87(93)89-51-41-77(67-95(89)103)83-55-57-85(101-99(83)106-112-108-101)79-43-53-91-92-54-44-80(70-98(92)105(97(91)69-79,63-33-27-21-15-5)64-34-28-22-16-6)86-58-56-84(100-102(86)109-113-107-100)78-42-52-90-88-50-40-76(74-37-47-82(48-38-74)111-72(9)10)66-94(88)104(96(90)68-78,61-31-25-19-13-3)62-32-26-20-14-4/h35-58,65-72,99-102,106-109H,11-34,59-64H2,1-10H3. The lowest BCUT2D eigenvalue weighted by Gasteiger charge is -2.35. The Morgan fingerprint density at radius 1 is 0.257 bits per heavy atom. The molecule has 0 aromatic heterocycles. The van der Waals surface area contributed by atoms with Crippen LogP contribution in [0.1, 0.15) is 317 Å². The lowest BCUT2D eigenvalue weighted by atomic mass is 9.69. The maximum atomic E-state index is 6.13. The minimum atomic E-state index is -0.111. The third-order valence-electron chi connectivity index (χ3n) is 26.9. The predicted octanol–water partition coefficient (Wildman–Crippen LogP) is 29.2. The maximum absolute atomic E-state index is 6.13. The molecule has 2 aliphatic heterocycles. The molecule has 4 atom stereocenters. The zero-order valence-corrected chi connectivity index (χ0v) is 71.8. The molecule has 4 N–H and O–H groups in total. The van der Waals surface area contributed by atoms with E-state index in [4.69, 9.17) is 9.47 Å². The monoisotopic (exact) mass is 1540 g/mol. The summed E-state index contributed by atoms with van der Waals surface area (Å²) < 4.78 is 28.2. The largest absolute Gasteiger partial charge is 0.491 e. The van der Waals surface area contributed by atoms with Crippen molar-refractivity contribution in [2.45, 2.75) is 314 Å². The van der Waals surface area contributed by atoms with E-state index in [0.29, 0.717) is 0 Å². The fourth-order valence-electron chi connectivity index (χ4n) is 21.1. The molecular weight excluding hydrogens is 1410 g/mol. The molecule has 4 unspecified atom stereocenters. The van der Waals surface area contributed by atoms with Gasteiger partial charge in [0.1, 0.15) is 11.5 Å². The summed E-state index contributed by atoms with van der Waals surface area (Å²) in [5.41, 5.74) is 33.6. The van der Waals surface area contributed by atoms with Crippen LogP contribution in [0.25, 0.3) is 77.9 Å². The molecule has 15 rings (SSSR count). The van der Waals surface area contributed by atoms with Gasteiger partial charge in [0, 0.05) is 40.5 Å². The molecule has 2 heterocycles. The van der Waals surface area contributed by atoms with Crippen molar-refractivity contribution in [3.05, 3.63) is 238 Å². The molecule has 0 amide bonds. The van der Waals surface area contributed by atoms with Gasteiger partial charge in [0.2, 0.25) is 0 Å². The van der Waals surface area contributed by atoms with Crippen molar-refractivity contribution >= 4 is 46.6 Å². The number of nitrogens with one attached hydrogen (secondary N) is 4. The third-order valence-corrected chi connectivity index (χ3v) is 28.4. The van der Waals surface area contributed by atoms with Crippen molar-refractivity contribution in [3.8, 4) is 67.1 Å².